The van der Waals surface area contributed by atoms with Gasteiger partial charge in [0.25, 0.3) is 0 Å². The molecule has 5 nitrogen and oxygen atoms in total. The highest BCUT2D eigenvalue weighted by molar-refractivity contribution is 5.92. The lowest BCUT2D eigenvalue weighted by Crippen LogP contribution is -2.39. The lowest BCUT2D eigenvalue weighted by atomic mass is 10.2. The van der Waals surface area contributed by atoms with Crippen LogP contribution in [-0.4, -0.2) is 36.1 Å². The van der Waals surface area contributed by atoms with Gasteiger partial charge in [-0.3, -0.25) is 9.59 Å². The van der Waals surface area contributed by atoms with Gasteiger partial charge < -0.3 is 15.7 Å². The molecule has 134 valence electrons. The van der Waals surface area contributed by atoms with Gasteiger partial charge >= 0.3 is 0 Å². The molecular formula is C21H22N2O3. The highest BCUT2D eigenvalue weighted by Crippen LogP contribution is 2.01. The number of carbonyl (C=O) groups excluding carboxylic acids is 2. The molecule has 5 heteroatoms. The van der Waals surface area contributed by atoms with Crippen molar-refractivity contribution in [3.63, 3.8) is 0 Å². The van der Waals surface area contributed by atoms with E-state index in [1.54, 1.807) is 12.2 Å². The smallest absolute Gasteiger partial charge is 0.244 e. The van der Waals surface area contributed by atoms with Gasteiger partial charge in [0.15, 0.2) is 0 Å². The number of rotatable bonds is 8. The number of benzene rings is 2. The van der Waals surface area contributed by atoms with E-state index in [2.05, 4.69) is 10.6 Å². The number of hydrogen-bond acceptors (Lipinski definition) is 3. The Morgan fingerprint density at radius 1 is 0.769 bits per heavy atom. The molecule has 0 atom stereocenters. The van der Waals surface area contributed by atoms with E-state index in [0.717, 1.165) is 11.1 Å². The van der Waals surface area contributed by atoms with E-state index in [-0.39, 0.29) is 24.9 Å². The van der Waals surface area contributed by atoms with Crippen LogP contribution in [0.5, 0.6) is 0 Å². The summed E-state index contributed by atoms with van der Waals surface area (Å²) in [5.41, 5.74) is 1.83. The summed E-state index contributed by atoms with van der Waals surface area (Å²) in [7, 11) is 0. The van der Waals surface area contributed by atoms with Gasteiger partial charge in [0.05, 0.1) is 6.10 Å². The maximum atomic E-state index is 11.7. The standard InChI is InChI=1S/C21H22N2O3/c24-19(15-22-20(25)13-11-17-7-3-1-4-8-17)16-23-21(26)14-12-18-9-5-2-6-10-18/h1-14,19,24H,15-16H2,(H,22,25)(H,23,26)/b13-11+,14-12+. The van der Waals surface area contributed by atoms with Crippen LogP contribution < -0.4 is 10.6 Å². The Hall–Kier alpha value is -3.18. The van der Waals surface area contributed by atoms with Crippen LogP contribution in [0.15, 0.2) is 72.8 Å². The quantitative estimate of drug-likeness (QED) is 0.637. The van der Waals surface area contributed by atoms with E-state index in [9.17, 15) is 14.7 Å². The monoisotopic (exact) mass is 350 g/mol. The first-order valence-electron chi connectivity index (χ1n) is 8.33. The first-order valence-corrected chi connectivity index (χ1v) is 8.33. The van der Waals surface area contributed by atoms with Crippen molar-refractivity contribution in [3.8, 4) is 0 Å². The third-order valence-corrected chi connectivity index (χ3v) is 3.48. The van der Waals surface area contributed by atoms with E-state index in [0.29, 0.717) is 0 Å². The maximum absolute atomic E-state index is 11.7. The Morgan fingerprint density at radius 2 is 1.15 bits per heavy atom. The topological polar surface area (TPSA) is 78.4 Å². The second kappa shape index (κ2) is 10.6. The summed E-state index contributed by atoms with van der Waals surface area (Å²) in [6.45, 7) is 0.112. The van der Waals surface area contributed by atoms with Gasteiger partial charge in [0.2, 0.25) is 11.8 Å². The number of aliphatic hydroxyl groups excluding tert-OH is 1. The lowest BCUT2D eigenvalue weighted by Gasteiger charge is -2.11. The zero-order valence-corrected chi connectivity index (χ0v) is 14.3. The Kier molecular flexibility index (Phi) is 7.83. The van der Waals surface area contributed by atoms with Gasteiger partial charge in [-0.25, -0.2) is 0 Å². The Bertz CT molecular complexity index is 690. The molecule has 0 saturated heterocycles. The molecule has 2 aromatic rings. The number of hydrogen-bond donors (Lipinski definition) is 3. The molecule has 0 aliphatic heterocycles. The molecule has 2 aromatic carbocycles. The summed E-state index contributed by atoms with van der Waals surface area (Å²) in [4.78, 5) is 23.4. The predicted octanol–water partition coefficient (Wildman–Crippen LogP) is 2.01. The summed E-state index contributed by atoms with van der Waals surface area (Å²) in [6.07, 6.45) is 5.33. The Morgan fingerprint density at radius 3 is 1.54 bits per heavy atom. The van der Waals surface area contributed by atoms with Crippen LogP contribution in [0.3, 0.4) is 0 Å². The van der Waals surface area contributed by atoms with Gasteiger partial charge in [0.1, 0.15) is 0 Å². The second-order valence-electron chi connectivity index (χ2n) is 5.63. The fourth-order valence-electron chi connectivity index (χ4n) is 2.10. The molecule has 0 radical (unpaired) electrons. The summed E-state index contributed by atoms with van der Waals surface area (Å²) < 4.78 is 0. The van der Waals surface area contributed by atoms with Gasteiger partial charge in [0, 0.05) is 25.2 Å². The van der Waals surface area contributed by atoms with Crippen LogP contribution in [0.2, 0.25) is 0 Å². The molecule has 0 unspecified atom stereocenters. The largest absolute Gasteiger partial charge is 0.389 e. The second-order valence-corrected chi connectivity index (χ2v) is 5.63. The van der Waals surface area contributed by atoms with Crippen molar-refractivity contribution < 1.29 is 14.7 Å². The Balaban J connectivity index is 1.66. The number of aliphatic hydroxyl groups is 1. The van der Waals surface area contributed by atoms with Crippen LogP contribution >= 0.6 is 0 Å². The molecular weight excluding hydrogens is 328 g/mol. The minimum absolute atomic E-state index is 0.0562. The molecule has 0 spiro atoms. The van der Waals surface area contributed by atoms with Crippen LogP contribution in [0.1, 0.15) is 11.1 Å². The maximum Gasteiger partial charge on any atom is 0.244 e. The first-order chi connectivity index (χ1) is 12.6. The third-order valence-electron chi connectivity index (χ3n) is 3.48. The lowest BCUT2D eigenvalue weighted by molar-refractivity contribution is -0.116. The van der Waals surface area contributed by atoms with E-state index in [1.807, 2.05) is 60.7 Å². The van der Waals surface area contributed by atoms with E-state index in [4.69, 9.17) is 0 Å². The molecule has 0 aromatic heterocycles. The fourth-order valence-corrected chi connectivity index (χ4v) is 2.10. The molecule has 0 saturated carbocycles. The van der Waals surface area contributed by atoms with Crippen molar-refractivity contribution in [2.75, 3.05) is 13.1 Å². The summed E-state index contributed by atoms with van der Waals surface area (Å²) in [5, 5.41) is 15.0. The highest BCUT2D eigenvalue weighted by atomic mass is 16.3. The molecule has 0 aliphatic rings. The highest BCUT2D eigenvalue weighted by Gasteiger charge is 2.06. The molecule has 2 amide bonds. The average molecular weight is 350 g/mol. The molecule has 0 bridgehead atoms. The van der Waals surface area contributed by atoms with Gasteiger partial charge in [-0.2, -0.15) is 0 Å². The van der Waals surface area contributed by atoms with Crippen molar-refractivity contribution in [1.29, 1.82) is 0 Å². The zero-order chi connectivity index (χ0) is 18.6. The SMILES string of the molecule is O=C(/C=C/c1ccccc1)NCC(O)CNC(=O)/C=C/c1ccccc1. The molecule has 0 heterocycles. The molecule has 0 aliphatic carbocycles. The van der Waals surface area contributed by atoms with Crippen LogP contribution in [0.25, 0.3) is 12.2 Å². The molecule has 3 N–H and O–H groups in total. The van der Waals surface area contributed by atoms with Crippen molar-refractivity contribution >= 4 is 24.0 Å². The predicted molar refractivity (Wildman–Crippen MR) is 103 cm³/mol. The number of amides is 2. The third kappa shape index (κ3) is 7.59. The van der Waals surface area contributed by atoms with Crippen molar-refractivity contribution in [2.45, 2.75) is 6.10 Å². The Labute approximate surface area is 153 Å². The average Bonchev–Trinajstić information content (AvgIpc) is 2.69. The molecule has 0 fully saturated rings. The molecule has 26 heavy (non-hydrogen) atoms. The van der Waals surface area contributed by atoms with Crippen LogP contribution in [-0.2, 0) is 9.59 Å². The normalized spacial score (nSPS) is 11.2. The van der Waals surface area contributed by atoms with Gasteiger partial charge in [-0.1, -0.05) is 60.7 Å². The fraction of sp³-hybridized carbons (Fsp3) is 0.143. The minimum atomic E-state index is -0.863. The van der Waals surface area contributed by atoms with E-state index in [1.165, 1.54) is 12.2 Å². The first kappa shape index (κ1) is 19.1. The van der Waals surface area contributed by atoms with Crippen molar-refractivity contribution in [2.24, 2.45) is 0 Å². The summed E-state index contributed by atoms with van der Waals surface area (Å²) >= 11 is 0. The minimum Gasteiger partial charge on any atom is -0.389 e. The molecule has 2 rings (SSSR count). The van der Waals surface area contributed by atoms with Gasteiger partial charge in [-0.05, 0) is 23.3 Å². The summed E-state index contributed by atoms with van der Waals surface area (Å²) in [5.74, 6) is -0.605. The van der Waals surface area contributed by atoms with Crippen LogP contribution in [0.4, 0.5) is 0 Å². The van der Waals surface area contributed by atoms with E-state index >= 15 is 0 Å². The van der Waals surface area contributed by atoms with Gasteiger partial charge in [-0.15, -0.1) is 0 Å². The van der Waals surface area contributed by atoms with Crippen molar-refractivity contribution in [3.05, 3.63) is 83.9 Å². The summed E-state index contributed by atoms with van der Waals surface area (Å²) in [6, 6.07) is 18.9. The number of nitrogens with one attached hydrogen (secondary N) is 2. The number of carbonyl (C=O) groups is 2. The van der Waals surface area contributed by atoms with Crippen molar-refractivity contribution in [1.82, 2.24) is 10.6 Å². The zero-order valence-electron chi connectivity index (χ0n) is 14.3. The van der Waals surface area contributed by atoms with E-state index < -0.39 is 6.10 Å². The van der Waals surface area contributed by atoms with Crippen LogP contribution in [0, 0.1) is 0 Å².